The third-order valence-electron chi connectivity index (χ3n) is 17.7. The minimum atomic E-state index is -1.82. The number of hydrogen-bond acceptors (Lipinski definition) is 22. The molecule has 0 aliphatic heterocycles. The first-order chi connectivity index (χ1) is 50.6. The molecule has 1 fully saturated rings. The highest BCUT2D eigenvalue weighted by atomic mass is 16.4. The van der Waals surface area contributed by atoms with Crippen molar-refractivity contribution in [3.63, 3.8) is 0 Å². The Morgan fingerprint density at radius 3 is 1.28 bits per heavy atom. The van der Waals surface area contributed by atoms with Crippen LogP contribution in [0.25, 0.3) is 0 Å². The van der Waals surface area contributed by atoms with Gasteiger partial charge in [0.15, 0.2) is 0 Å². The normalized spacial score (nSPS) is 16.1. The van der Waals surface area contributed by atoms with Gasteiger partial charge in [-0.3, -0.25) is 81.5 Å². The average molecular weight is 1540 g/mol. The zero-order valence-electron chi connectivity index (χ0n) is 63.3. The number of nitrogens with one attached hydrogen (secondary N) is 14. The number of amides is 15. The zero-order valence-corrected chi connectivity index (χ0v) is 63.3. The molecular weight excluding hydrogens is 1420 g/mol. The number of hydrogen-bond donors (Lipinski definition) is 22. The Morgan fingerprint density at radius 2 is 0.824 bits per heavy atom. The maximum Gasteiger partial charge on any atom is 0.326 e. The van der Waals surface area contributed by atoms with Crippen LogP contribution in [0.5, 0.6) is 0 Å². The summed E-state index contributed by atoms with van der Waals surface area (Å²) in [4.78, 5) is 237. The summed E-state index contributed by atoms with van der Waals surface area (Å²) in [6.07, 6.45) is 0.700. The summed E-state index contributed by atoms with van der Waals surface area (Å²) < 4.78 is 0. The molecular formula is C68H117N17O23. The van der Waals surface area contributed by atoms with E-state index in [1.54, 1.807) is 27.7 Å². The highest BCUT2D eigenvalue weighted by Crippen LogP contribution is 2.27. The van der Waals surface area contributed by atoms with Crippen LogP contribution in [0.15, 0.2) is 0 Å². The van der Waals surface area contributed by atoms with E-state index >= 15 is 0 Å². The molecule has 0 aromatic heterocycles. The van der Waals surface area contributed by atoms with Crippen molar-refractivity contribution >= 4 is 107 Å². The number of nitrogens with two attached hydrogens (primary N) is 3. The van der Waals surface area contributed by atoms with Crippen LogP contribution in [0, 0.1) is 29.6 Å². The standard InChI is InChI=1S/C68H117N17O23/c1-11-36(8)55(68(107)108)84-63(102)45(27-33(2)3)77-49(90)30-74-65(104)56(38(10)87)85-64(103)46(32-86)81-66(105)54(35(6)7)83-67(106)53(34(4)5)82-50(91)31-72-57(96)37(9)75-59(98)41(19-15-16-26-69)78-61(100)43(21-24-51(92)93)80-62(101)44(22-25-52(94)95)79-60(99)42(20-23-47(71)88)76-48(89)29-73-58(97)40(70)28-39-17-13-12-14-18-39/h33-46,53-56,86-87H,11-32,69-70H2,1-10H3,(H2,71,88)(H,72,96)(H,73,97)(H,74,104)(H,75,98)(H,76,89)(H,77,90)(H,78,100)(H,79,99)(H,80,101)(H,81,105)(H,82,91)(H,83,106)(H,84,102)(H,85,103)(H,92,93)(H,94,95)(H,107,108)/t36-,37-,38+,40-,41-,42-,43-,44-,45-,46-,53-,54-,55-,56-/m0/s1. The number of carboxylic acid groups (broad SMARTS) is 3. The summed E-state index contributed by atoms with van der Waals surface area (Å²) in [6.45, 7) is 12.0. The number of carbonyl (C=O) groups excluding carboxylic acids is 15. The summed E-state index contributed by atoms with van der Waals surface area (Å²) >= 11 is 0. The first-order valence-corrected chi connectivity index (χ1v) is 36.4. The summed E-state index contributed by atoms with van der Waals surface area (Å²) in [5.41, 5.74) is 17.1. The lowest BCUT2D eigenvalue weighted by atomic mass is 9.85. The Labute approximate surface area is 627 Å². The number of aliphatic hydroxyl groups excluding tert-OH is 2. The van der Waals surface area contributed by atoms with Gasteiger partial charge < -0.3 is 117 Å². The summed E-state index contributed by atoms with van der Waals surface area (Å²) in [5.74, 6) is -20.9. The van der Waals surface area contributed by atoms with Crippen LogP contribution < -0.4 is 91.6 Å². The molecule has 0 bridgehead atoms. The lowest BCUT2D eigenvalue weighted by Gasteiger charge is -2.29. The second-order valence-electron chi connectivity index (χ2n) is 28.1. The molecule has 1 aliphatic rings. The van der Waals surface area contributed by atoms with Crippen LogP contribution in [-0.2, 0) is 86.3 Å². The van der Waals surface area contributed by atoms with E-state index in [1.807, 2.05) is 0 Å². The van der Waals surface area contributed by atoms with Gasteiger partial charge in [0.1, 0.15) is 66.5 Å². The minimum absolute atomic E-state index is 0.0835. The van der Waals surface area contributed by atoms with Crippen molar-refractivity contribution in [3.8, 4) is 0 Å². The van der Waals surface area contributed by atoms with Crippen LogP contribution in [0.2, 0.25) is 0 Å². The topological polar surface area (TPSA) is 655 Å². The second-order valence-corrected chi connectivity index (χ2v) is 28.1. The number of carbonyl (C=O) groups is 18. The second kappa shape index (κ2) is 50.0. The molecule has 0 unspecified atom stereocenters. The van der Waals surface area contributed by atoms with Gasteiger partial charge >= 0.3 is 17.9 Å². The Kier molecular flexibility index (Phi) is 44.6. The molecule has 0 heterocycles. The third-order valence-corrected chi connectivity index (χ3v) is 17.7. The van der Waals surface area contributed by atoms with Crippen LogP contribution in [-0.4, -0.2) is 243 Å². The molecule has 1 rings (SSSR count). The third kappa shape index (κ3) is 37.2. The van der Waals surface area contributed by atoms with Crippen molar-refractivity contribution in [1.82, 2.24) is 74.4 Å². The van der Waals surface area contributed by atoms with Crippen LogP contribution >= 0.6 is 0 Å². The lowest BCUT2D eigenvalue weighted by molar-refractivity contribution is -0.144. The number of rotatable bonds is 52. The SMILES string of the molecule is CC[C@H](C)[C@H](NC(=O)[C@H](CC(C)C)NC(=O)CNC(=O)[C@@H](NC(=O)[C@H](CO)NC(=O)[C@@H](NC(=O)[C@@H](NC(=O)CNC(=O)[C@H](C)NC(=O)[C@H](CCCCN)NC(=O)[C@H](CCC(=O)O)NC(=O)[C@H](CCC(=O)O)NC(=O)[C@H](CCC(N)=O)NC(=O)CNC(=O)[C@@H](N)CC1CCCCC1)C(C)C)C(C)C)[C@@H](C)O)C(=O)O. The molecule has 15 amide bonds. The van der Waals surface area contributed by atoms with Crippen LogP contribution in [0.3, 0.4) is 0 Å². The van der Waals surface area contributed by atoms with Crippen molar-refractivity contribution in [2.75, 3.05) is 32.8 Å². The van der Waals surface area contributed by atoms with Gasteiger partial charge in [-0.2, -0.15) is 0 Å². The molecule has 14 atom stereocenters. The van der Waals surface area contributed by atoms with E-state index in [4.69, 9.17) is 17.2 Å². The summed E-state index contributed by atoms with van der Waals surface area (Å²) in [7, 11) is 0. The first-order valence-electron chi connectivity index (χ1n) is 36.4. The smallest absolute Gasteiger partial charge is 0.326 e. The fraction of sp³-hybridized carbons (Fsp3) is 0.735. The molecule has 0 aromatic carbocycles. The average Bonchev–Trinajstić information content (AvgIpc) is 0.861. The molecule has 0 aromatic rings. The molecule has 0 spiro atoms. The largest absolute Gasteiger partial charge is 0.481 e. The van der Waals surface area contributed by atoms with Crippen molar-refractivity contribution in [1.29, 1.82) is 0 Å². The Morgan fingerprint density at radius 1 is 0.426 bits per heavy atom. The van der Waals surface area contributed by atoms with Gasteiger partial charge in [-0.05, 0) is 101 Å². The minimum Gasteiger partial charge on any atom is -0.481 e. The fourth-order valence-electron chi connectivity index (χ4n) is 11.2. The van der Waals surface area contributed by atoms with Gasteiger partial charge in [0.05, 0.1) is 38.4 Å². The molecule has 1 aliphatic carbocycles. The van der Waals surface area contributed by atoms with Crippen LogP contribution in [0.4, 0.5) is 0 Å². The van der Waals surface area contributed by atoms with Gasteiger partial charge in [-0.25, -0.2) is 4.79 Å². The van der Waals surface area contributed by atoms with Crippen molar-refractivity contribution in [3.05, 3.63) is 0 Å². The molecule has 108 heavy (non-hydrogen) atoms. The number of aliphatic carboxylic acids is 3. The number of primary amides is 1. The maximum atomic E-state index is 14.1. The number of aliphatic hydroxyl groups is 2. The highest BCUT2D eigenvalue weighted by molar-refractivity contribution is 6.00. The van der Waals surface area contributed by atoms with Gasteiger partial charge in [-0.15, -0.1) is 0 Å². The fourth-order valence-corrected chi connectivity index (χ4v) is 11.2. The maximum absolute atomic E-state index is 14.1. The van der Waals surface area contributed by atoms with Gasteiger partial charge in [0.25, 0.3) is 0 Å². The van der Waals surface area contributed by atoms with E-state index in [9.17, 15) is 112 Å². The van der Waals surface area contributed by atoms with Crippen LogP contribution in [0.1, 0.15) is 178 Å². The molecule has 25 N–H and O–H groups in total. The highest BCUT2D eigenvalue weighted by Gasteiger charge is 2.38. The predicted octanol–water partition coefficient (Wildman–Crippen LogP) is -6.03. The van der Waals surface area contributed by atoms with Crippen molar-refractivity contribution < 1.29 is 112 Å². The zero-order chi connectivity index (χ0) is 82.2. The van der Waals surface area contributed by atoms with E-state index in [0.717, 1.165) is 39.0 Å². The van der Waals surface area contributed by atoms with E-state index in [1.165, 1.54) is 34.6 Å². The predicted molar refractivity (Wildman–Crippen MR) is 385 cm³/mol. The number of unbranched alkanes of at least 4 members (excludes halogenated alkanes) is 1. The molecule has 1 saturated carbocycles. The molecule has 612 valence electrons. The Bertz CT molecular complexity index is 3080. The number of carboxylic acids is 3. The Hall–Kier alpha value is -9.70. The monoisotopic (exact) mass is 1540 g/mol. The van der Waals surface area contributed by atoms with Crippen molar-refractivity contribution in [2.45, 2.75) is 257 Å². The van der Waals surface area contributed by atoms with E-state index in [-0.39, 0.29) is 37.6 Å². The van der Waals surface area contributed by atoms with E-state index in [2.05, 4.69) is 74.4 Å². The summed E-state index contributed by atoms with van der Waals surface area (Å²) in [6, 6.07) is -18.1. The quantitative estimate of drug-likeness (QED) is 0.0252. The lowest BCUT2D eigenvalue weighted by Crippen LogP contribution is -2.62. The molecule has 0 saturated heterocycles. The Balaban J connectivity index is 3.20. The van der Waals surface area contributed by atoms with E-state index in [0.29, 0.717) is 19.3 Å². The van der Waals surface area contributed by atoms with Gasteiger partial charge in [0.2, 0.25) is 88.6 Å². The van der Waals surface area contributed by atoms with Gasteiger partial charge in [0, 0.05) is 19.3 Å². The molecule has 40 heteroatoms. The summed E-state index contributed by atoms with van der Waals surface area (Å²) in [5, 5.41) is 82.6. The molecule has 40 nitrogen and oxygen atoms in total. The molecule has 0 radical (unpaired) electrons. The van der Waals surface area contributed by atoms with E-state index < -0.39 is 268 Å². The first kappa shape index (κ1) is 96.3. The van der Waals surface area contributed by atoms with Gasteiger partial charge in [-0.1, -0.05) is 93.9 Å². The van der Waals surface area contributed by atoms with Crippen molar-refractivity contribution in [2.24, 2.45) is 46.8 Å².